The van der Waals surface area contributed by atoms with Crippen LogP contribution in [-0.2, 0) is 6.54 Å². The Labute approximate surface area is 112 Å². The Morgan fingerprint density at radius 1 is 1.47 bits per heavy atom. The number of nitrogens with one attached hydrogen (secondary N) is 1. The van der Waals surface area contributed by atoms with Crippen molar-refractivity contribution < 1.29 is 4.39 Å². The molecule has 1 N–H and O–H groups in total. The summed E-state index contributed by atoms with van der Waals surface area (Å²) >= 11 is 7.90. The molecule has 0 aliphatic carbocycles. The number of hydrogen-bond donors (Lipinski definition) is 1. The summed E-state index contributed by atoms with van der Waals surface area (Å²) in [5.41, 5.74) is 0.947. The summed E-state index contributed by atoms with van der Waals surface area (Å²) in [5.74, 6) is 2.05. The number of thioether (sulfide) groups is 1. The summed E-state index contributed by atoms with van der Waals surface area (Å²) in [6.07, 6.45) is 1.14. The lowest BCUT2D eigenvalue weighted by molar-refractivity contribution is 0.536. The number of halogens is 2. The van der Waals surface area contributed by atoms with Gasteiger partial charge in [0.15, 0.2) is 0 Å². The van der Waals surface area contributed by atoms with Gasteiger partial charge in [-0.3, -0.25) is 0 Å². The average Bonchev–Trinajstić information content (AvgIpc) is 2.28. The third kappa shape index (κ3) is 5.75. The van der Waals surface area contributed by atoms with Crippen LogP contribution in [0, 0.1) is 5.82 Å². The Morgan fingerprint density at radius 3 is 2.88 bits per heavy atom. The van der Waals surface area contributed by atoms with E-state index < -0.39 is 0 Å². The fourth-order valence-corrected chi connectivity index (χ4v) is 2.50. The van der Waals surface area contributed by atoms with Gasteiger partial charge in [-0.2, -0.15) is 11.8 Å². The van der Waals surface area contributed by atoms with Crippen LogP contribution in [0.1, 0.15) is 25.8 Å². The van der Waals surface area contributed by atoms with Crippen LogP contribution in [0.25, 0.3) is 0 Å². The summed E-state index contributed by atoms with van der Waals surface area (Å²) in [4.78, 5) is 0. The van der Waals surface area contributed by atoms with Crippen molar-refractivity contribution in [3.8, 4) is 0 Å². The van der Waals surface area contributed by atoms with E-state index in [9.17, 15) is 4.39 Å². The molecule has 0 spiro atoms. The highest BCUT2D eigenvalue weighted by Gasteiger charge is 2.05. The predicted molar refractivity (Wildman–Crippen MR) is 75.3 cm³/mol. The van der Waals surface area contributed by atoms with Crippen LogP contribution in [0.5, 0.6) is 0 Å². The standard InChI is InChI=1S/C13H19ClFNS/c1-3-17-7-6-10(2)16-9-11-4-5-12(15)8-13(11)14/h4-5,8,10,16H,3,6-7,9H2,1-2H3. The van der Waals surface area contributed by atoms with Crippen LogP contribution >= 0.6 is 23.4 Å². The van der Waals surface area contributed by atoms with Crippen molar-refractivity contribution in [2.45, 2.75) is 32.9 Å². The van der Waals surface area contributed by atoms with Gasteiger partial charge in [0.05, 0.1) is 0 Å². The summed E-state index contributed by atoms with van der Waals surface area (Å²) in [6, 6.07) is 4.99. The van der Waals surface area contributed by atoms with Gasteiger partial charge in [0.2, 0.25) is 0 Å². The quantitative estimate of drug-likeness (QED) is 0.752. The highest BCUT2D eigenvalue weighted by Crippen LogP contribution is 2.17. The van der Waals surface area contributed by atoms with Crippen molar-refractivity contribution in [2.75, 3.05) is 11.5 Å². The predicted octanol–water partition coefficient (Wildman–Crippen LogP) is 4.10. The Kier molecular flexibility index (Phi) is 6.93. The topological polar surface area (TPSA) is 12.0 Å². The largest absolute Gasteiger partial charge is 0.310 e. The summed E-state index contributed by atoms with van der Waals surface area (Å²) in [5, 5.41) is 3.89. The molecule has 0 aliphatic rings. The van der Waals surface area contributed by atoms with Gasteiger partial charge in [-0.15, -0.1) is 0 Å². The fraction of sp³-hybridized carbons (Fsp3) is 0.538. The van der Waals surface area contributed by atoms with Crippen molar-refractivity contribution in [1.29, 1.82) is 0 Å². The molecule has 1 aromatic rings. The zero-order valence-corrected chi connectivity index (χ0v) is 11.9. The number of hydrogen-bond acceptors (Lipinski definition) is 2. The molecule has 1 atom stereocenters. The van der Waals surface area contributed by atoms with Crippen LogP contribution in [0.2, 0.25) is 5.02 Å². The molecule has 0 bridgehead atoms. The third-order valence-electron chi connectivity index (χ3n) is 2.56. The smallest absolute Gasteiger partial charge is 0.124 e. The molecule has 4 heteroatoms. The van der Waals surface area contributed by atoms with Crippen molar-refractivity contribution in [2.24, 2.45) is 0 Å². The molecule has 1 unspecified atom stereocenters. The molecule has 0 amide bonds. The first-order valence-electron chi connectivity index (χ1n) is 5.88. The first-order chi connectivity index (χ1) is 8.13. The van der Waals surface area contributed by atoms with Crippen LogP contribution in [-0.4, -0.2) is 17.5 Å². The van der Waals surface area contributed by atoms with E-state index in [4.69, 9.17) is 11.6 Å². The van der Waals surface area contributed by atoms with Gasteiger partial charge in [0, 0.05) is 17.6 Å². The normalized spacial score (nSPS) is 12.7. The van der Waals surface area contributed by atoms with Gasteiger partial charge in [0.1, 0.15) is 5.82 Å². The lowest BCUT2D eigenvalue weighted by Gasteiger charge is -2.14. The minimum Gasteiger partial charge on any atom is -0.310 e. The van der Waals surface area contributed by atoms with Gasteiger partial charge in [0.25, 0.3) is 0 Å². The summed E-state index contributed by atoms with van der Waals surface area (Å²) < 4.78 is 12.8. The molecule has 0 aliphatic heterocycles. The van der Waals surface area contributed by atoms with Crippen molar-refractivity contribution in [1.82, 2.24) is 5.32 Å². The maximum Gasteiger partial charge on any atom is 0.124 e. The molecular formula is C13H19ClFNS. The maximum absolute atomic E-state index is 12.8. The van der Waals surface area contributed by atoms with E-state index in [1.54, 1.807) is 6.07 Å². The van der Waals surface area contributed by atoms with Crippen LogP contribution in [0.4, 0.5) is 4.39 Å². The second-order valence-electron chi connectivity index (χ2n) is 4.00. The SMILES string of the molecule is CCSCCC(C)NCc1ccc(F)cc1Cl. The molecule has 1 aromatic carbocycles. The van der Waals surface area contributed by atoms with Gasteiger partial charge in [-0.1, -0.05) is 24.6 Å². The van der Waals surface area contributed by atoms with Gasteiger partial charge in [-0.05, 0) is 42.5 Å². The Hall–Kier alpha value is -0.250. The van der Waals surface area contributed by atoms with Crippen LogP contribution < -0.4 is 5.32 Å². The Bertz CT molecular complexity index is 346. The van der Waals surface area contributed by atoms with E-state index in [-0.39, 0.29) is 5.82 Å². The Balaban J connectivity index is 2.34. The molecule has 0 heterocycles. The molecular weight excluding hydrogens is 257 g/mol. The molecule has 1 rings (SSSR count). The maximum atomic E-state index is 12.8. The highest BCUT2D eigenvalue weighted by atomic mass is 35.5. The minimum atomic E-state index is -0.286. The van der Waals surface area contributed by atoms with E-state index in [2.05, 4.69) is 19.2 Å². The minimum absolute atomic E-state index is 0.286. The third-order valence-corrected chi connectivity index (χ3v) is 3.84. The monoisotopic (exact) mass is 275 g/mol. The zero-order chi connectivity index (χ0) is 12.7. The molecule has 0 radical (unpaired) electrons. The average molecular weight is 276 g/mol. The molecule has 96 valence electrons. The van der Waals surface area contributed by atoms with Crippen LogP contribution in [0.15, 0.2) is 18.2 Å². The summed E-state index contributed by atoms with van der Waals surface area (Å²) in [6.45, 7) is 5.02. The van der Waals surface area contributed by atoms with Crippen molar-refractivity contribution in [3.05, 3.63) is 34.6 Å². The molecule has 0 saturated heterocycles. The number of rotatable bonds is 7. The van der Waals surface area contributed by atoms with Gasteiger partial charge >= 0.3 is 0 Å². The lowest BCUT2D eigenvalue weighted by atomic mass is 10.2. The summed E-state index contributed by atoms with van der Waals surface area (Å²) in [7, 11) is 0. The molecule has 17 heavy (non-hydrogen) atoms. The first kappa shape index (κ1) is 14.8. The van der Waals surface area contributed by atoms with E-state index in [1.165, 1.54) is 17.9 Å². The first-order valence-corrected chi connectivity index (χ1v) is 7.41. The van der Waals surface area contributed by atoms with E-state index in [0.29, 0.717) is 17.6 Å². The lowest BCUT2D eigenvalue weighted by Crippen LogP contribution is -2.26. The van der Waals surface area contributed by atoms with Crippen molar-refractivity contribution >= 4 is 23.4 Å². The number of benzene rings is 1. The fourth-order valence-electron chi connectivity index (χ4n) is 1.46. The molecule has 0 aromatic heterocycles. The Morgan fingerprint density at radius 2 is 2.24 bits per heavy atom. The van der Waals surface area contributed by atoms with E-state index >= 15 is 0 Å². The van der Waals surface area contributed by atoms with E-state index in [0.717, 1.165) is 17.7 Å². The highest BCUT2D eigenvalue weighted by molar-refractivity contribution is 7.99. The van der Waals surface area contributed by atoms with Crippen molar-refractivity contribution in [3.63, 3.8) is 0 Å². The van der Waals surface area contributed by atoms with Crippen LogP contribution in [0.3, 0.4) is 0 Å². The second kappa shape index (κ2) is 7.96. The zero-order valence-electron chi connectivity index (χ0n) is 10.3. The van der Waals surface area contributed by atoms with E-state index in [1.807, 2.05) is 11.8 Å². The van der Waals surface area contributed by atoms with Gasteiger partial charge in [-0.25, -0.2) is 4.39 Å². The molecule has 0 fully saturated rings. The molecule has 0 saturated carbocycles. The second-order valence-corrected chi connectivity index (χ2v) is 5.80. The molecule has 1 nitrogen and oxygen atoms in total. The van der Waals surface area contributed by atoms with Gasteiger partial charge < -0.3 is 5.32 Å².